The number of rotatable bonds is 6. The minimum atomic E-state index is -0.887. The van der Waals surface area contributed by atoms with Crippen molar-refractivity contribution in [2.24, 2.45) is 0 Å². The summed E-state index contributed by atoms with van der Waals surface area (Å²) < 4.78 is 0. The van der Waals surface area contributed by atoms with Crippen LogP contribution in [0.15, 0.2) is 6.07 Å². The van der Waals surface area contributed by atoms with E-state index in [-0.39, 0.29) is 28.1 Å². The minimum absolute atomic E-state index is 0.0273. The summed E-state index contributed by atoms with van der Waals surface area (Å²) in [6.07, 6.45) is 2.53. The van der Waals surface area contributed by atoms with Gasteiger partial charge in [-0.1, -0.05) is 54.6 Å². The molecular formula is C13H16Cl3NO2. The lowest BCUT2D eigenvalue weighted by Gasteiger charge is -2.19. The molecule has 0 spiro atoms. The van der Waals surface area contributed by atoms with Gasteiger partial charge < -0.3 is 10.8 Å². The van der Waals surface area contributed by atoms with E-state index in [0.717, 1.165) is 12.8 Å². The molecule has 1 unspecified atom stereocenters. The van der Waals surface area contributed by atoms with E-state index in [1.54, 1.807) is 0 Å². The monoisotopic (exact) mass is 323 g/mol. The van der Waals surface area contributed by atoms with Crippen LogP contribution in [0.1, 0.15) is 44.1 Å². The second-order valence-electron chi connectivity index (χ2n) is 4.42. The zero-order valence-electron chi connectivity index (χ0n) is 10.5. The van der Waals surface area contributed by atoms with Crippen molar-refractivity contribution in [3.8, 4) is 0 Å². The number of carboxylic acid groups (broad SMARTS) is 1. The highest BCUT2D eigenvalue weighted by Crippen LogP contribution is 2.42. The van der Waals surface area contributed by atoms with E-state index in [0.29, 0.717) is 17.0 Å². The first-order valence-electron chi connectivity index (χ1n) is 6.03. The smallest absolute Gasteiger partial charge is 0.303 e. The third-order valence-electron chi connectivity index (χ3n) is 2.98. The maximum atomic E-state index is 11.0. The van der Waals surface area contributed by atoms with Crippen molar-refractivity contribution in [3.05, 3.63) is 26.7 Å². The van der Waals surface area contributed by atoms with Crippen molar-refractivity contribution in [3.63, 3.8) is 0 Å². The number of anilines is 1. The Balaban J connectivity index is 3.21. The SMILES string of the molecule is CCCCC(CC(=O)O)c1c(Cl)cc(Cl)c(N)c1Cl. The summed E-state index contributed by atoms with van der Waals surface area (Å²) in [4.78, 5) is 11.0. The van der Waals surface area contributed by atoms with Crippen LogP contribution in [0, 0.1) is 0 Å². The van der Waals surface area contributed by atoms with Crippen molar-refractivity contribution in [1.29, 1.82) is 0 Å². The number of carboxylic acids is 1. The Bertz CT molecular complexity index is 477. The summed E-state index contributed by atoms with van der Waals surface area (Å²) in [5.41, 5.74) is 6.61. The van der Waals surface area contributed by atoms with Crippen LogP contribution in [0.4, 0.5) is 5.69 Å². The fourth-order valence-corrected chi connectivity index (χ4v) is 3.08. The average Bonchev–Trinajstić information content (AvgIpc) is 2.32. The summed E-state index contributed by atoms with van der Waals surface area (Å²) in [5, 5.41) is 9.92. The van der Waals surface area contributed by atoms with Crippen molar-refractivity contribution in [1.82, 2.24) is 0 Å². The van der Waals surface area contributed by atoms with E-state index in [4.69, 9.17) is 45.6 Å². The van der Waals surface area contributed by atoms with Gasteiger partial charge in [-0.05, 0) is 24.0 Å². The topological polar surface area (TPSA) is 63.3 Å². The van der Waals surface area contributed by atoms with E-state index < -0.39 is 5.97 Å². The molecule has 0 saturated carbocycles. The largest absolute Gasteiger partial charge is 0.481 e. The number of nitrogen functional groups attached to an aromatic ring is 1. The van der Waals surface area contributed by atoms with Gasteiger partial charge in [0.15, 0.2) is 0 Å². The number of hydrogen-bond donors (Lipinski definition) is 2. The quantitative estimate of drug-likeness (QED) is 0.725. The van der Waals surface area contributed by atoms with Crippen molar-refractivity contribution in [2.45, 2.75) is 38.5 Å². The third-order valence-corrected chi connectivity index (χ3v) is 4.01. The first-order valence-corrected chi connectivity index (χ1v) is 7.16. The molecule has 0 bridgehead atoms. The van der Waals surface area contributed by atoms with Crippen LogP contribution in [0.3, 0.4) is 0 Å². The van der Waals surface area contributed by atoms with Gasteiger partial charge in [-0.3, -0.25) is 4.79 Å². The number of hydrogen-bond acceptors (Lipinski definition) is 2. The van der Waals surface area contributed by atoms with Crippen LogP contribution >= 0.6 is 34.8 Å². The normalized spacial score (nSPS) is 12.4. The Kier molecular flexibility index (Phi) is 6.24. The molecule has 0 aliphatic heterocycles. The van der Waals surface area contributed by atoms with E-state index in [1.165, 1.54) is 6.07 Å². The molecule has 0 amide bonds. The van der Waals surface area contributed by atoms with Gasteiger partial charge >= 0.3 is 5.97 Å². The Morgan fingerprint density at radius 1 is 1.37 bits per heavy atom. The van der Waals surface area contributed by atoms with E-state index >= 15 is 0 Å². The van der Waals surface area contributed by atoms with Gasteiger partial charge in [-0.25, -0.2) is 0 Å². The van der Waals surface area contributed by atoms with Gasteiger partial charge in [0.05, 0.1) is 22.2 Å². The standard InChI is InChI=1S/C13H16Cl3NO2/c1-2-3-4-7(5-10(18)19)11-8(14)6-9(15)13(17)12(11)16/h6-7H,2-5,17H2,1H3,(H,18,19). The number of carbonyl (C=O) groups is 1. The number of nitrogens with two attached hydrogens (primary N) is 1. The van der Waals surface area contributed by atoms with Gasteiger partial charge in [0.1, 0.15) is 0 Å². The molecule has 6 heteroatoms. The first kappa shape index (κ1) is 16.4. The third kappa shape index (κ3) is 4.16. The molecule has 1 atom stereocenters. The van der Waals surface area contributed by atoms with Crippen LogP contribution in [0.5, 0.6) is 0 Å². The first-order chi connectivity index (χ1) is 8.88. The Hall–Kier alpha value is -0.640. The Morgan fingerprint density at radius 2 is 2.00 bits per heavy atom. The molecule has 0 radical (unpaired) electrons. The van der Waals surface area contributed by atoms with E-state index in [1.807, 2.05) is 6.92 Å². The van der Waals surface area contributed by atoms with E-state index in [2.05, 4.69) is 0 Å². The zero-order chi connectivity index (χ0) is 14.6. The average molecular weight is 325 g/mol. The number of aliphatic carboxylic acids is 1. The molecule has 0 heterocycles. The molecule has 1 aromatic carbocycles. The number of halogens is 3. The van der Waals surface area contributed by atoms with Crippen molar-refractivity contribution in [2.75, 3.05) is 5.73 Å². The van der Waals surface area contributed by atoms with Crippen LogP contribution in [-0.2, 0) is 4.79 Å². The fraction of sp³-hybridized carbons (Fsp3) is 0.462. The van der Waals surface area contributed by atoms with Crippen LogP contribution in [0.2, 0.25) is 15.1 Å². The van der Waals surface area contributed by atoms with Crippen LogP contribution in [0.25, 0.3) is 0 Å². The number of benzene rings is 1. The summed E-state index contributed by atoms with van der Waals surface area (Å²) >= 11 is 18.2. The maximum absolute atomic E-state index is 11.0. The molecule has 3 N–H and O–H groups in total. The highest BCUT2D eigenvalue weighted by atomic mass is 35.5. The molecule has 106 valence electrons. The van der Waals surface area contributed by atoms with E-state index in [9.17, 15) is 4.79 Å². The molecule has 0 aliphatic rings. The Labute approximate surface area is 127 Å². The summed E-state index contributed by atoms with van der Waals surface area (Å²) in [5.74, 6) is -1.14. The molecule has 0 fully saturated rings. The number of unbranched alkanes of at least 4 members (excludes halogenated alkanes) is 1. The van der Waals surface area contributed by atoms with Crippen LogP contribution in [-0.4, -0.2) is 11.1 Å². The van der Waals surface area contributed by atoms with Gasteiger partial charge in [0.25, 0.3) is 0 Å². The molecule has 1 rings (SSSR count). The van der Waals surface area contributed by atoms with Gasteiger partial charge in [-0.15, -0.1) is 0 Å². The van der Waals surface area contributed by atoms with Crippen molar-refractivity contribution < 1.29 is 9.90 Å². The van der Waals surface area contributed by atoms with Crippen molar-refractivity contribution >= 4 is 46.5 Å². The van der Waals surface area contributed by atoms with Gasteiger partial charge in [0, 0.05) is 5.02 Å². The van der Waals surface area contributed by atoms with Crippen LogP contribution < -0.4 is 5.73 Å². The van der Waals surface area contributed by atoms with Gasteiger partial charge in [0.2, 0.25) is 0 Å². The predicted octanol–water partition coefficient (Wildman–Crippen LogP) is 4.98. The molecule has 1 aromatic rings. The second-order valence-corrected chi connectivity index (χ2v) is 5.61. The van der Waals surface area contributed by atoms with Gasteiger partial charge in [-0.2, -0.15) is 0 Å². The lowest BCUT2D eigenvalue weighted by atomic mass is 9.90. The fourth-order valence-electron chi connectivity index (χ4n) is 2.01. The predicted molar refractivity (Wildman–Crippen MR) is 80.4 cm³/mol. The lowest BCUT2D eigenvalue weighted by Crippen LogP contribution is -2.09. The Morgan fingerprint density at radius 3 is 2.53 bits per heavy atom. The molecule has 0 aromatic heterocycles. The molecule has 0 saturated heterocycles. The summed E-state index contributed by atoms with van der Waals surface area (Å²) in [6, 6.07) is 1.51. The highest BCUT2D eigenvalue weighted by Gasteiger charge is 2.23. The summed E-state index contributed by atoms with van der Waals surface area (Å²) in [6.45, 7) is 2.04. The molecule has 19 heavy (non-hydrogen) atoms. The second kappa shape index (κ2) is 7.22. The maximum Gasteiger partial charge on any atom is 0.303 e. The summed E-state index contributed by atoms with van der Waals surface area (Å²) in [7, 11) is 0. The minimum Gasteiger partial charge on any atom is -0.481 e. The zero-order valence-corrected chi connectivity index (χ0v) is 12.8. The molecular weight excluding hydrogens is 309 g/mol. The molecule has 3 nitrogen and oxygen atoms in total. The molecule has 0 aliphatic carbocycles. The highest BCUT2D eigenvalue weighted by molar-refractivity contribution is 6.42. The lowest BCUT2D eigenvalue weighted by molar-refractivity contribution is -0.137.